The van der Waals surface area contributed by atoms with Crippen molar-refractivity contribution < 1.29 is 52.7 Å². The van der Waals surface area contributed by atoms with E-state index in [1.807, 2.05) is 0 Å². The molecule has 10 heteroatoms. The van der Waals surface area contributed by atoms with Crippen LogP contribution in [0.25, 0.3) is 65.9 Å². The maximum absolute atomic E-state index is 6.25. The van der Waals surface area contributed by atoms with Crippen molar-refractivity contribution in [2.24, 2.45) is 16.9 Å². The molecule has 6 unspecified atom stereocenters. The van der Waals surface area contributed by atoms with Crippen molar-refractivity contribution in [1.82, 2.24) is 0 Å². The van der Waals surface area contributed by atoms with E-state index in [0.29, 0.717) is 64.6 Å². The number of fused-ring (bicyclic) bond motifs is 3. The van der Waals surface area contributed by atoms with Gasteiger partial charge in [-0.15, -0.1) is 0 Å². The molecule has 60 heavy (non-hydrogen) atoms. The fourth-order valence-corrected chi connectivity index (χ4v) is 15.3. The van der Waals surface area contributed by atoms with Gasteiger partial charge >= 0.3 is 0 Å². The number of allylic oxidation sites excluding steroid dienone is 1. The summed E-state index contributed by atoms with van der Waals surface area (Å²) < 4.78 is 25.7. The maximum atomic E-state index is 6.25. The van der Waals surface area contributed by atoms with Gasteiger partial charge in [-0.2, -0.15) is 0 Å². The Labute approximate surface area is 363 Å². The van der Waals surface area contributed by atoms with Crippen LogP contribution in [0.5, 0.6) is 0 Å². The highest BCUT2D eigenvalue weighted by Gasteiger charge is 2.70. The van der Waals surface area contributed by atoms with Crippen LogP contribution in [0.1, 0.15) is 61.9 Å². The molecule has 7 aliphatic carbocycles. The summed E-state index contributed by atoms with van der Waals surface area (Å²) in [5, 5.41) is 13.0. The fraction of sp³-hybridized carbons (Fsp3) is 0.480. The van der Waals surface area contributed by atoms with Crippen LogP contribution in [0.15, 0.2) is 30.4 Å². The van der Waals surface area contributed by atoms with Crippen molar-refractivity contribution in [3.05, 3.63) is 80.4 Å². The van der Waals surface area contributed by atoms with Crippen molar-refractivity contribution in [3.63, 3.8) is 0 Å². The van der Waals surface area contributed by atoms with Crippen LogP contribution in [0.4, 0.5) is 0 Å². The minimum Gasteiger partial charge on any atom is -1.00 e. The number of quaternary nitrogens is 2. The van der Waals surface area contributed by atoms with Gasteiger partial charge in [0, 0.05) is 24.9 Å². The first-order valence-electron chi connectivity index (χ1n) is 22.2. The molecule has 1 spiro atoms. The molecule has 6 atom stereocenters. The lowest BCUT2D eigenvalue weighted by Crippen LogP contribution is -3.00. The first kappa shape index (κ1) is 38.5. The first-order valence-corrected chi connectivity index (χ1v) is 22.2. The van der Waals surface area contributed by atoms with Gasteiger partial charge in [0.05, 0.1) is 104 Å². The number of likely N-dealkylation sites (N-methyl/N-ethyl adjacent to an activating group) is 2. The van der Waals surface area contributed by atoms with E-state index < -0.39 is 0 Å². The molecule has 9 aliphatic rings. The van der Waals surface area contributed by atoms with Crippen LogP contribution in [-0.4, -0.2) is 128 Å². The Morgan fingerprint density at radius 2 is 1.15 bits per heavy atom. The zero-order chi connectivity index (χ0) is 38.5. The van der Waals surface area contributed by atoms with Crippen LogP contribution < -0.4 is 36.3 Å². The van der Waals surface area contributed by atoms with E-state index in [0.717, 1.165) is 61.2 Å². The third kappa shape index (κ3) is 4.37. The number of halogens is 2. The molecular formula is C50H54Cl2N4O4. The van der Waals surface area contributed by atoms with E-state index >= 15 is 0 Å². The van der Waals surface area contributed by atoms with Gasteiger partial charge in [0.15, 0.2) is 0 Å². The monoisotopic (exact) mass is 844 g/mol. The van der Waals surface area contributed by atoms with Crippen LogP contribution >= 0.6 is 0 Å². The minimum atomic E-state index is -0.0648. The highest BCUT2D eigenvalue weighted by Crippen LogP contribution is 2.75. The number of nitrogens with two attached hydrogens (primary N) is 2. The predicted molar refractivity (Wildman–Crippen MR) is 231 cm³/mol. The van der Waals surface area contributed by atoms with Crippen molar-refractivity contribution >= 4 is 54.7 Å². The number of likely N-dealkylation sites (tertiary alicyclic amines) is 2. The van der Waals surface area contributed by atoms with Gasteiger partial charge in [-0.25, -0.2) is 0 Å². The van der Waals surface area contributed by atoms with Crippen molar-refractivity contribution in [2.75, 3.05) is 119 Å². The van der Waals surface area contributed by atoms with E-state index in [2.05, 4.69) is 50.5 Å². The summed E-state index contributed by atoms with van der Waals surface area (Å²) in [6, 6.07) is 8.11. The molecule has 0 bridgehead atoms. The van der Waals surface area contributed by atoms with Crippen molar-refractivity contribution in [3.8, 4) is 11.1 Å². The van der Waals surface area contributed by atoms with E-state index in [1.54, 1.807) is 104 Å². The maximum Gasteiger partial charge on any atom is 0.102 e. The minimum absolute atomic E-state index is 0. The molecule has 2 saturated heterocycles. The summed E-state index contributed by atoms with van der Waals surface area (Å²) in [5.41, 5.74) is 30.5. The van der Waals surface area contributed by atoms with Crippen molar-refractivity contribution in [1.29, 1.82) is 0 Å². The first-order chi connectivity index (χ1) is 28.3. The number of hydrogen-bond donors (Lipinski definition) is 2. The molecule has 2 aliphatic heterocycles. The lowest BCUT2D eigenvalue weighted by atomic mass is 9.53. The molecule has 5 aromatic rings. The molecule has 8 nitrogen and oxygen atoms in total. The molecule has 0 radical (unpaired) electrons. The Morgan fingerprint density at radius 3 is 1.82 bits per heavy atom. The average molecular weight is 846 g/mol. The summed E-state index contributed by atoms with van der Waals surface area (Å²) in [5.74, 6) is 1.05. The molecule has 0 saturated carbocycles. The summed E-state index contributed by atoms with van der Waals surface area (Å²) in [6.45, 7) is 12.9. The quantitative estimate of drug-likeness (QED) is 0.0801. The molecule has 312 valence electrons. The Bertz CT molecular complexity index is 2870. The number of benzene rings is 5. The van der Waals surface area contributed by atoms with Gasteiger partial charge in [-0.1, -0.05) is 36.4 Å². The molecular weight excluding hydrogens is 791 g/mol. The van der Waals surface area contributed by atoms with Crippen LogP contribution in [0.3, 0.4) is 0 Å². The Kier molecular flexibility index (Phi) is 8.19. The molecule has 2 fully saturated rings. The molecule has 0 aromatic heterocycles. The lowest BCUT2D eigenvalue weighted by Gasteiger charge is -2.45. The van der Waals surface area contributed by atoms with Gasteiger partial charge < -0.3 is 64.2 Å². The third-order valence-corrected chi connectivity index (χ3v) is 16.9. The van der Waals surface area contributed by atoms with Crippen molar-refractivity contribution in [2.45, 2.75) is 30.1 Å². The van der Waals surface area contributed by atoms with E-state index in [1.165, 1.54) is 18.7 Å². The van der Waals surface area contributed by atoms with Gasteiger partial charge in [0.25, 0.3) is 0 Å². The normalized spacial score (nSPS) is 29.7. The highest BCUT2D eigenvalue weighted by atomic mass is 35.5. The second kappa shape index (κ2) is 12.8. The highest BCUT2D eigenvalue weighted by molar-refractivity contribution is 6.45. The zero-order valence-corrected chi connectivity index (χ0v) is 36.3. The second-order valence-corrected chi connectivity index (χ2v) is 20.2. The van der Waals surface area contributed by atoms with Crippen LogP contribution in [-0.2, 0) is 37.2 Å². The van der Waals surface area contributed by atoms with Gasteiger partial charge in [0.1, 0.15) is 13.1 Å². The zero-order valence-electron chi connectivity index (χ0n) is 34.8. The summed E-state index contributed by atoms with van der Waals surface area (Å²) >= 11 is 0. The number of hydrogen-bond acceptors (Lipinski definition) is 6. The number of rotatable bonds is 16. The predicted octanol–water partition coefficient (Wildman–Crippen LogP) is -0.157. The molecule has 5 aromatic carbocycles. The lowest BCUT2D eigenvalue weighted by molar-refractivity contribution is -0.901. The second-order valence-electron chi connectivity index (χ2n) is 20.2. The summed E-state index contributed by atoms with van der Waals surface area (Å²) in [6.07, 6.45) is 10.2. The summed E-state index contributed by atoms with van der Waals surface area (Å²) in [7, 11) is 5.02. The van der Waals surface area contributed by atoms with Gasteiger partial charge in [-0.05, 0) is 123 Å². The topological polar surface area (TPSA) is 89.0 Å². The number of ether oxygens (including phenoxy) is 4. The molecule has 0 amide bonds. The largest absolute Gasteiger partial charge is 1.00 e. The summed E-state index contributed by atoms with van der Waals surface area (Å²) in [4.78, 5) is 0. The fourth-order valence-electron chi connectivity index (χ4n) is 15.3. The van der Waals surface area contributed by atoms with Gasteiger partial charge in [-0.3, -0.25) is 0 Å². The van der Waals surface area contributed by atoms with Crippen LogP contribution in [0, 0.1) is 5.41 Å². The van der Waals surface area contributed by atoms with E-state index in [-0.39, 0.29) is 35.6 Å². The van der Waals surface area contributed by atoms with Gasteiger partial charge in [0.2, 0.25) is 0 Å². The Hall–Kier alpha value is -3.12. The standard InChI is InChI=1S/C50H54N4O4.2ClH/c1-53(7-11-57-15-13-55-9-5-51)23-34-32-20-29-18-28-17-27-3-4-49-22-31-19-30-21-33(35(34)24-53)41-40(32)42-36(29)37(28)45-46-44(42)43(41)38(30)39(31)48(46)50(49,47(27)45)26-54(2,25-49)8-12-58-16-14-56-10-6-52;;/h3-4,17,20-22,34-35H,5-16,18-19,23-26,51-52H2,1-2H3;2*1H/q+2;;/p-2. The number of nitrogens with zero attached hydrogens (tertiary/aromatic N) is 2. The SMILES string of the molecule is C[N+]1(CCOCCOCCN)CC2c3cc4c5c6c7c8c9c%10c(cc%11c9c9c(cc(c%12c9c8c5c3-%12)C2C1)C%11)C=CC1(C=C6C4)C[N+](C)(CCOCCOCCN)CC%1071.[Cl-].[Cl-]. The smallest absolute Gasteiger partial charge is 0.102 e. The molecule has 2 heterocycles. The molecule has 4 N–H and O–H groups in total. The van der Waals surface area contributed by atoms with E-state index in [4.69, 9.17) is 30.4 Å². The Balaban J connectivity index is 0.00000194. The van der Waals surface area contributed by atoms with E-state index in [9.17, 15) is 0 Å². The average Bonchev–Trinajstić information content (AvgIpc) is 4.03. The molecule has 14 rings (SSSR count). The third-order valence-electron chi connectivity index (χ3n) is 16.9. The van der Waals surface area contributed by atoms with Crippen LogP contribution in [0.2, 0.25) is 0 Å². The Morgan fingerprint density at radius 1 is 0.583 bits per heavy atom.